The van der Waals surface area contributed by atoms with Gasteiger partial charge in [-0.25, -0.2) is 0 Å². The molecule has 0 aromatic carbocycles. The van der Waals surface area contributed by atoms with Gasteiger partial charge in [-0.15, -0.1) is 0 Å². The fraction of sp³-hybridized carbons (Fsp3) is 0.750. The van der Waals surface area contributed by atoms with E-state index in [0.717, 1.165) is 12.8 Å². The van der Waals surface area contributed by atoms with Gasteiger partial charge in [0.15, 0.2) is 10.8 Å². The molecule has 6 heteroatoms. The molecule has 3 fully saturated rings. The van der Waals surface area contributed by atoms with Gasteiger partial charge in [-0.1, -0.05) is 26.7 Å². The lowest BCUT2D eigenvalue weighted by Gasteiger charge is -2.61. The van der Waals surface area contributed by atoms with Gasteiger partial charge in [0.1, 0.15) is 0 Å². The Morgan fingerprint density at radius 2 is 1.68 bits per heavy atom. The summed E-state index contributed by atoms with van der Waals surface area (Å²) in [5, 5.41) is 37.8. The first-order valence-corrected chi connectivity index (χ1v) is 7.62. The highest BCUT2D eigenvalue weighted by Gasteiger charge is 2.78. The van der Waals surface area contributed by atoms with Crippen LogP contribution in [0, 0.1) is 56.2 Å². The van der Waals surface area contributed by atoms with E-state index in [1.54, 1.807) is 6.92 Å². The van der Waals surface area contributed by atoms with Gasteiger partial charge in [0, 0.05) is 6.92 Å². The summed E-state index contributed by atoms with van der Waals surface area (Å²) in [7, 11) is 0. The largest absolute Gasteiger partial charge is 0.448 e. The Hall–Kier alpha value is -2.10. The van der Waals surface area contributed by atoms with E-state index >= 15 is 0 Å². The Morgan fingerprint density at radius 3 is 2.14 bits per heavy atom. The van der Waals surface area contributed by atoms with Crippen molar-refractivity contribution in [3.8, 4) is 18.2 Å². The van der Waals surface area contributed by atoms with Gasteiger partial charge in [-0.3, -0.25) is 5.41 Å². The first-order valence-electron chi connectivity index (χ1n) is 7.62. The molecule has 0 aromatic heterocycles. The van der Waals surface area contributed by atoms with E-state index in [1.165, 1.54) is 0 Å². The third-order valence-electron chi connectivity index (χ3n) is 4.96. The molecular formula is C16H20N4O2. The van der Waals surface area contributed by atoms with Gasteiger partial charge >= 0.3 is 0 Å². The summed E-state index contributed by atoms with van der Waals surface area (Å²) in [5.74, 6) is -2.09. The third-order valence-corrected chi connectivity index (χ3v) is 4.96. The fourth-order valence-corrected chi connectivity index (χ4v) is 3.95. The van der Waals surface area contributed by atoms with Crippen LogP contribution < -0.4 is 0 Å². The van der Waals surface area contributed by atoms with Crippen LogP contribution in [0.15, 0.2) is 0 Å². The average Bonchev–Trinajstić information content (AvgIpc) is 2.49. The molecule has 0 amide bonds. The molecule has 3 aliphatic rings. The summed E-state index contributed by atoms with van der Waals surface area (Å²) in [6.07, 6.45) is 1.79. The molecule has 0 aliphatic carbocycles. The molecule has 0 aromatic rings. The van der Waals surface area contributed by atoms with Gasteiger partial charge in [0.2, 0.25) is 11.7 Å². The molecule has 0 radical (unpaired) electrons. The number of hydrogen-bond acceptors (Lipinski definition) is 6. The van der Waals surface area contributed by atoms with Crippen LogP contribution in [0.5, 0.6) is 0 Å². The molecule has 3 heterocycles. The van der Waals surface area contributed by atoms with E-state index in [1.807, 2.05) is 13.8 Å². The second-order valence-electron chi connectivity index (χ2n) is 6.14. The second kappa shape index (κ2) is 5.27. The number of fused-ring (bicyclic) bond motifs is 3. The highest BCUT2D eigenvalue weighted by Crippen LogP contribution is 2.63. The van der Waals surface area contributed by atoms with Crippen molar-refractivity contribution in [1.82, 2.24) is 0 Å². The van der Waals surface area contributed by atoms with E-state index in [9.17, 15) is 15.8 Å². The Bertz CT molecular complexity index is 597. The van der Waals surface area contributed by atoms with Gasteiger partial charge in [0.05, 0.1) is 30.2 Å². The van der Waals surface area contributed by atoms with Crippen LogP contribution >= 0.6 is 0 Å². The van der Waals surface area contributed by atoms with Crippen LogP contribution in [0.3, 0.4) is 0 Å². The predicted octanol–water partition coefficient (Wildman–Crippen LogP) is 2.87. The van der Waals surface area contributed by atoms with Crippen LogP contribution in [-0.4, -0.2) is 17.8 Å². The van der Waals surface area contributed by atoms with Crippen LogP contribution in [0.4, 0.5) is 0 Å². The first-order chi connectivity index (χ1) is 10.4. The minimum absolute atomic E-state index is 0.308. The molecule has 0 saturated carbocycles. The number of nitriles is 3. The zero-order chi connectivity index (χ0) is 16.6. The van der Waals surface area contributed by atoms with Gasteiger partial charge < -0.3 is 9.47 Å². The molecule has 6 nitrogen and oxygen atoms in total. The van der Waals surface area contributed by atoms with Crippen molar-refractivity contribution in [3.05, 3.63) is 0 Å². The standard InChI is InChI=1S/C16H20N4O2/c1-4-6-11-14(3)21-12(7-5-2)16(10-19,13(20)22-14)15(11,8-17)9-18/h11-12,20H,4-7H2,1-3H3/t11-,12+,14-,16-/m1/s1. The predicted molar refractivity (Wildman–Crippen MR) is 77.1 cm³/mol. The minimum Gasteiger partial charge on any atom is -0.448 e. The number of nitrogens with one attached hydrogen (secondary N) is 1. The summed E-state index contributed by atoms with van der Waals surface area (Å²) < 4.78 is 11.6. The van der Waals surface area contributed by atoms with Gasteiger partial charge in [-0.05, 0) is 12.8 Å². The maximum Gasteiger partial charge on any atom is 0.215 e. The van der Waals surface area contributed by atoms with Crippen LogP contribution in [0.2, 0.25) is 0 Å². The number of nitrogens with zero attached hydrogens (tertiary/aromatic N) is 3. The van der Waals surface area contributed by atoms with Gasteiger partial charge in [0.25, 0.3) is 0 Å². The SMILES string of the molecule is CCC[C@@H]1O[C@]2(C)OC(=N)[C@]1(C#N)C(C#N)(C#N)[C@@H]2CCC. The van der Waals surface area contributed by atoms with Crippen LogP contribution in [0.25, 0.3) is 0 Å². The van der Waals surface area contributed by atoms with Crippen LogP contribution in [0.1, 0.15) is 46.5 Å². The summed E-state index contributed by atoms with van der Waals surface area (Å²) in [6, 6.07) is 6.24. The minimum atomic E-state index is -1.66. The van der Waals surface area contributed by atoms with Crippen molar-refractivity contribution in [2.75, 3.05) is 0 Å². The summed E-state index contributed by atoms with van der Waals surface area (Å²) in [4.78, 5) is 0. The Kier molecular flexibility index (Phi) is 3.90. The number of rotatable bonds is 4. The summed E-state index contributed by atoms with van der Waals surface area (Å²) in [5.41, 5.74) is -3.29. The van der Waals surface area contributed by atoms with Crippen molar-refractivity contribution in [2.24, 2.45) is 16.7 Å². The summed E-state index contributed by atoms with van der Waals surface area (Å²) >= 11 is 0. The third kappa shape index (κ3) is 1.64. The average molecular weight is 300 g/mol. The molecule has 116 valence electrons. The zero-order valence-electron chi connectivity index (χ0n) is 13.1. The normalized spacial score (nSPS) is 38.5. The maximum absolute atomic E-state index is 9.85. The molecule has 3 rings (SSSR count). The van der Waals surface area contributed by atoms with Crippen molar-refractivity contribution >= 4 is 5.90 Å². The van der Waals surface area contributed by atoms with E-state index < -0.39 is 28.6 Å². The maximum atomic E-state index is 9.85. The molecule has 4 atom stereocenters. The Balaban J connectivity index is 2.75. The fourth-order valence-electron chi connectivity index (χ4n) is 3.95. The topological polar surface area (TPSA) is 114 Å². The highest BCUT2D eigenvalue weighted by molar-refractivity contribution is 5.88. The highest BCUT2D eigenvalue weighted by atomic mass is 16.7. The van der Waals surface area contributed by atoms with Crippen molar-refractivity contribution < 1.29 is 9.47 Å². The first kappa shape index (κ1) is 16.3. The molecule has 1 N–H and O–H groups in total. The van der Waals surface area contributed by atoms with Crippen molar-refractivity contribution in [1.29, 1.82) is 21.2 Å². The molecular weight excluding hydrogens is 280 g/mol. The summed E-state index contributed by atoms with van der Waals surface area (Å²) in [6.45, 7) is 5.56. The monoisotopic (exact) mass is 300 g/mol. The van der Waals surface area contributed by atoms with E-state index in [4.69, 9.17) is 14.9 Å². The smallest absolute Gasteiger partial charge is 0.215 e. The lowest BCUT2D eigenvalue weighted by molar-refractivity contribution is -0.340. The number of hydrogen-bond donors (Lipinski definition) is 1. The van der Waals surface area contributed by atoms with Crippen LogP contribution in [-0.2, 0) is 9.47 Å². The molecule has 3 saturated heterocycles. The van der Waals surface area contributed by atoms with E-state index in [2.05, 4.69) is 18.2 Å². The zero-order valence-corrected chi connectivity index (χ0v) is 13.1. The number of ether oxygens (including phenoxy) is 2. The Labute approximate surface area is 130 Å². The molecule has 0 spiro atoms. The van der Waals surface area contributed by atoms with Crippen molar-refractivity contribution in [3.63, 3.8) is 0 Å². The Morgan fingerprint density at radius 1 is 1.09 bits per heavy atom. The van der Waals surface area contributed by atoms with Crippen molar-refractivity contribution in [2.45, 2.75) is 58.3 Å². The quantitative estimate of drug-likeness (QED) is 0.857. The van der Waals surface area contributed by atoms with E-state index in [0.29, 0.717) is 12.8 Å². The lowest BCUT2D eigenvalue weighted by atomic mass is 9.50. The lowest BCUT2D eigenvalue weighted by Crippen LogP contribution is -2.74. The molecule has 22 heavy (non-hydrogen) atoms. The van der Waals surface area contributed by atoms with E-state index in [-0.39, 0.29) is 5.90 Å². The van der Waals surface area contributed by atoms with Gasteiger partial charge in [-0.2, -0.15) is 15.8 Å². The molecule has 2 bridgehead atoms. The molecule has 0 unspecified atom stereocenters. The molecule has 3 aliphatic heterocycles. The second-order valence-corrected chi connectivity index (χ2v) is 6.14.